The van der Waals surface area contributed by atoms with Crippen LogP contribution in [0.1, 0.15) is 26.2 Å². The zero-order valence-corrected chi connectivity index (χ0v) is 19.3. The van der Waals surface area contributed by atoms with E-state index in [0.29, 0.717) is 23.3 Å². The first kappa shape index (κ1) is 24.8. The van der Waals surface area contributed by atoms with Gasteiger partial charge in [0.2, 0.25) is 0 Å². The van der Waals surface area contributed by atoms with Gasteiger partial charge in [0, 0.05) is 17.6 Å². The van der Waals surface area contributed by atoms with Crippen LogP contribution >= 0.6 is 0 Å². The third kappa shape index (κ3) is 7.92. The Morgan fingerprint density at radius 2 is 1.52 bits per heavy atom. The average Bonchev–Trinajstić information content (AvgIpc) is 2.76. The van der Waals surface area contributed by atoms with Crippen molar-refractivity contribution in [2.45, 2.75) is 41.2 Å². The highest BCUT2D eigenvalue weighted by Gasteiger charge is 2.28. The highest BCUT2D eigenvalue weighted by molar-refractivity contribution is 7.92. The zero-order chi connectivity index (χ0) is 22.9. The number of rotatable bonds is 12. The molecule has 7 heteroatoms. The second kappa shape index (κ2) is 11.8. The molecule has 0 aliphatic rings. The summed E-state index contributed by atoms with van der Waals surface area (Å²) in [4.78, 5) is 12.0. The number of hydrogen-bond donors (Lipinski definition) is 0. The normalized spacial score (nSPS) is 13.2. The number of ether oxygens (including phenoxy) is 1. The molecule has 0 aliphatic carbocycles. The Kier molecular flexibility index (Phi) is 9.40. The third-order valence-corrected chi connectivity index (χ3v) is 8.18. The van der Waals surface area contributed by atoms with Crippen molar-refractivity contribution in [1.29, 1.82) is 0 Å². The van der Waals surface area contributed by atoms with Gasteiger partial charge >= 0.3 is 5.97 Å². The maximum absolute atomic E-state index is 13.3. The van der Waals surface area contributed by atoms with Crippen LogP contribution in [-0.4, -0.2) is 36.2 Å². The molecule has 31 heavy (non-hydrogen) atoms. The van der Waals surface area contributed by atoms with Crippen molar-refractivity contribution in [2.75, 3.05) is 12.4 Å². The smallest absolute Gasteiger partial charge is 0.302 e. The van der Waals surface area contributed by atoms with Crippen LogP contribution in [-0.2, 0) is 30.2 Å². The van der Waals surface area contributed by atoms with Crippen LogP contribution in [0, 0.1) is 0 Å². The molecule has 0 amide bonds. The molecule has 0 spiro atoms. The summed E-state index contributed by atoms with van der Waals surface area (Å²) < 4.78 is 43.9. The van der Waals surface area contributed by atoms with Gasteiger partial charge in [0.15, 0.2) is 9.84 Å². The number of benzene rings is 2. The summed E-state index contributed by atoms with van der Waals surface area (Å²) >= 11 is 0. The monoisotopic (exact) mass is 460 g/mol. The molecule has 0 saturated carbocycles. The van der Waals surface area contributed by atoms with E-state index in [0.717, 1.165) is 4.90 Å². The molecule has 0 saturated heterocycles. The number of carbonyl (C=O) groups excluding carboxylic acids is 1. The lowest BCUT2D eigenvalue weighted by Gasteiger charge is -2.20. The van der Waals surface area contributed by atoms with Crippen molar-refractivity contribution in [1.82, 2.24) is 0 Å². The Labute approximate surface area is 187 Å². The van der Waals surface area contributed by atoms with Crippen LogP contribution in [0.25, 0.3) is 0 Å². The average molecular weight is 461 g/mol. The molecule has 0 heterocycles. The summed E-state index contributed by atoms with van der Waals surface area (Å²) in [5.41, 5.74) is 1.22. The summed E-state index contributed by atoms with van der Waals surface area (Å²) in [6.07, 6.45) is 0.798. The summed E-state index contributed by atoms with van der Waals surface area (Å²) in [5.74, 6) is -0.0774. The van der Waals surface area contributed by atoms with Crippen LogP contribution in [0.2, 0.25) is 0 Å². The largest absolute Gasteiger partial charge is 0.461 e. The molecule has 5 nitrogen and oxygen atoms in total. The highest BCUT2D eigenvalue weighted by Crippen LogP contribution is 2.27. The minimum absolute atomic E-state index is 0.0271. The van der Waals surface area contributed by atoms with E-state index in [-0.39, 0.29) is 24.3 Å². The molecule has 0 N–H and O–H groups in total. The lowest BCUT2D eigenvalue weighted by Crippen LogP contribution is -2.24. The van der Waals surface area contributed by atoms with E-state index in [2.05, 4.69) is 13.2 Å². The highest BCUT2D eigenvalue weighted by atomic mass is 32.2. The minimum atomic E-state index is -3.66. The van der Waals surface area contributed by atoms with Gasteiger partial charge < -0.3 is 4.74 Å². The van der Waals surface area contributed by atoms with Gasteiger partial charge in [0.25, 0.3) is 0 Å². The summed E-state index contributed by atoms with van der Waals surface area (Å²) in [6.45, 7) is 9.17. The fourth-order valence-electron chi connectivity index (χ4n) is 3.03. The Morgan fingerprint density at radius 3 is 2.10 bits per heavy atom. The standard InChI is InChI=1S/C24H28O5S2/c1-19(14-15-30(26)22-10-6-4-7-11-22)16-24(17-20(2)18-29-21(3)25)31(27,28)23-12-8-5-9-13-23/h4-13,24H,1-2,14-18H2,3H3. The molecule has 0 aliphatic heterocycles. The number of esters is 1. The van der Waals surface area contributed by atoms with E-state index < -0.39 is 31.9 Å². The first-order valence-electron chi connectivity index (χ1n) is 9.89. The van der Waals surface area contributed by atoms with Crippen molar-refractivity contribution in [3.8, 4) is 0 Å². The van der Waals surface area contributed by atoms with Crippen LogP contribution in [0.4, 0.5) is 0 Å². The van der Waals surface area contributed by atoms with E-state index >= 15 is 0 Å². The first-order chi connectivity index (χ1) is 14.7. The Hall–Kier alpha value is -2.51. The summed E-state index contributed by atoms with van der Waals surface area (Å²) in [6, 6.07) is 17.4. The molecular weight excluding hydrogens is 432 g/mol. The molecule has 2 aromatic carbocycles. The predicted octanol–water partition coefficient (Wildman–Crippen LogP) is 4.48. The summed E-state index contributed by atoms with van der Waals surface area (Å²) in [7, 11) is -4.84. The van der Waals surface area contributed by atoms with Crippen molar-refractivity contribution in [2.24, 2.45) is 0 Å². The lowest BCUT2D eigenvalue weighted by atomic mass is 10.0. The van der Waals surface area contributed by atoms with E-state index in [1.54, 1.807) is 42.5 Å². The van der Waals surface area contributed by atoms with Gasteiger partial charge in [0.05, 0.1) is 20.9 Å². The van der Waals surface area contributed by atoms with Crippen molar-refractivity contribution >= 4 is 26.6 Å². The molecule has 166 valence electrons. The van der Waals surface area contributed by atoms with Gasteiger partial charge in [-0.1, -0.05) is 55.1 Å². The van der Waals surface area contributed by atoms with Crippen LogP contribution in [0.3, 0.4) is 0 Å². The lowest BCUT2D eigenvalue weighted by molar-refractivity contribution is -0.140. The van der Waals surface area contributed by atoms with E-state index in [1.807, 2.05) is 18.2 Å². The van der Waals surface area contributed by atoms with E-state index in [4.69, 9.17) is 4.74 Å². The molecule has 2 atom stereocenters. The Bertz CT molecular complexity index is 1030. The predicted molar refractivity (Wildman–Crippen MR) is 124 cm³/mol. The van der Waals surface area contributed by atoms with E-state index in [9.17, 15) is 17.4 Å². The zero-order valence-electron chi connectivity index (χ0n) is 17.7. The Balaban J connectivity index is 2.10. The topological polar surface area (TPSA) is 77.5 Å². The van der Waals surface area contributed by atoms with Crippen molar-refractivity contribution in [3.05, 3.63) is 85.0 Å². The van der Waals surface area contributed by atoms with Gasteiger partial charge in [0.1, 0.15) is 6.61 Å². The molecule has 0 bridgehead atoms. The van der Waals surface area contributed by atoms with Gasteiger partial charge in [-0.15, -0.1) is 0 Å². The minimum Gasteiger partial charge on any atom is -0.461 e. The van der Waals surface area contributed by atoms with Crippen LogP contribution < -0.4 is 0 Å². The molecule has 2 unspecified atom stereocenters. The molecule has 2 aromatic rings. The SMILES string of the molecule is C=C(CCS(=O)c1ccccc1)CC(CC(=C)COC(C)=O)S(=O)(=O)c1ccccc1. The van der Waals surface area contributed by atoms with Crippen LogP contribution in [0.5, 0.6) is 0 Å². The molecule has 0 aromatic heterocycles. The van der Waals surface area contributed by atoms with Crippen molar-refractivity contribution < 1.29 is 22.2 Å². The second-order valence-corrected chi connectivity index (χ2v) is 11.1. The van der Waals surface area contributed by atoms with Crippen molar-refractivity contribution in [3.63, 3.8) is 0 Å². The third-order valence-electron chi connectivity index (χ3n) is 4.67. The maximum Gasteiger partial charge on any atom is 0.302 e. The van der Waals surface area contributed by atoms with Gasteiger partial charge in [-0.2, -0.15) is 0 Å². The van der Waals surface area contributed by atoms with Gasteiger partial charge in [-0.25, -0.2) is 8.42 Å². The second-order valence-electron chi connectivity index (χ2n) is 7.28. The van der Waals surface area contributed by atoms with Crippen LogP contribution in [0.15, 0.2) is 94.8 Å². The Morgan fingerprint density at radius 1 is 0.968 bits per heavy atom. The van der Waals surface area contributed by atoms with Gasteiger partial charge in [-0.05, 0) is 49.1 Å². The molecule has 2 rings (SSSR count). The maximum atomic E-state index is 13.3. The molecule has 0 fully saturated rings. The first-order valence-corrected chi connectivity index (χ1v) is 12.8. The number of sulfone groups is 1. The fraction of sp³-hybridized carbons (Fsp3) is 0.292. The molecule has 0 radical (unpaired) electrons. The molecular formula is C24H28O5S2. The summed E-state index contributed by atoms with van der Waals surface area (Å²) in [5, 5.41) is -0.796. The number of allylic oxidation sites excluding steroid dienone is 1. The van der Waals surface area contributed by atoms with Gasteiger partial charge in [-0.3, -0.25) is 9.00 Å². The van der Waals surface area contributed by atoms with E-state index in [1.165, 1.54) is 6.92 Å². The fourth-order valence-corrected chi connectivity index (χ4v) is 6.03. The number of hydrogen-bond acceptors (Lipinski definition) is 5. The number of carbonyl (C=O) groups is 1. The quantitative estimate of drug-likeness (QED) is 0.345.